The Morgan fingerprint density at radius 2 is 1.14 bits per heavy atom. The van der Waals surface area contributed by atoms with E-state index in [9.17, 15) is 14.4 Å². The van der Waals surface area contributed by atoms with Gasteiger partial charge in [0.25, 0.3) is 0 Å². The van der Waals surface area contributed by atoms with Gasteiger partial charge in [-0.3, -0.25) is 4.79 Å². The van der Waals surface area contributed by atoms with Crippen LogP contribution in [0, 0.1) is 5.92 Å². The van der Waals surface area contributed by atoms with E-state index in [4.69, 9.17) is 23.7 Å². The summed E-state index contributed by atoms with van der Waals surface area (Å²) in [6, 6.07) is 13.4. The molecular weight excluding hydrogens is 476 g/mol. The van der Waals surface area contributed by atoms with Gasteiger partial charge in [0.2, 0.25) is 0 Å². The molecule has 8 nitrogen and oxygen atoms in total. The number of ether oxygens (including phenoxy) is 5. The first-order valence-electron chi connectivity index (χ1n) is 12.8. The second-order valence-corrected chi connectivity index (χ2v) is 8.82. The van der Waals surface area contributed by atoms with Crippen molar-refractivity contribution in [2.75, 3.05) is 19.8 Å². The van der Waals surface area contributed by atoms with Crippen LogP contribution in [0.1, 0.15) is 74.6 Å². The molecule has 0 spiro atoms. The molecule has 0 bridgehead atoms. The Kier molecular flexibility index (Phi) is 12.5. The molecule has 37 heavy (non-hydrogen) atoms. The van der Waals surface area contributed by atoms with Crippen LogP contribution in [0.2, 0.25) is 0 Å². The summed E-state index contributed by atoms with van der Waals surface area (Å²) in [5.41, 5.74) is 0.868. The molecule has 0 aromatic heterocycles. The van der Waals surface area contributed by atoms with Crippen LogP contribution >= 0.6 is 0 Å². The summed E-state index contributed by atoms with van der Waals surface area (Å²) in [7, 11) is 0. The number of hydrogen-bond donors (Lipinski definition) is 0. The van der Waals surface area contributed by atoms with E-state index in [1.54, 1.807) is 62.4 Å². The normalized spacial score (nSPS) is 12.4. The van der Waals surface area contributed by atoms with Crippen molar-refractivity contribution in [2.45, 2.75) is 66.1 Å². The summed E-state index contributed by atoms with van der Waals surface area (Å²) in [6.07, 6.45) is 0.548. The third-order valence-electron chi connectivity index (χ3n) is 5.36. The van der Waals surface area contributed by atoms with Gasteiger partial charge in [0.1, 0.15) is 23.7 Å². The van der Waals surface area contributed by atoms with Gasteiger partial charge in [-0.25, -0.2) is 9.59 Å². The van der Waals surface area contributed by atoms with Crippen LogP contribution in [-0.4, -0.2) is 49.9 Å². The van der Waals surface area contributed by atoms with Gasteiger partial charge in [0, 0.05) is 12.8 Å². The number of rotatable bonds is 15. The van der Waals surface area contributed by atoms with E-state index in [-0.39, 0.29) is 24.6 Å². The SMILES string of the molecule is CCOC(=O)c1ccc(OC(CC)C(CCOC(=O)CC(C)C)Oc2ccc(C(=O)OCC)cc2)cc1. The first kappa shape index (κ1) is 29.7. The highest BCUT2D eigenvalue weighted by Gasteiger charge is 2.25. The molecule has 2 atom stereocenters. The lowest BCUT2D eigenvalue weighted by Gasteiger charge is -2.28. The lowest BCUT2D eigenvalue weighted by atomic mass is 10.1. The van der Waals surface area contributed by atoms with Crippen molar-refractivity contribution in [1.82, 2.24) is 0 Å². The van der Waals surface area contributed by atoms with Crippen LogP contribution < -0.4 is 9.47 Å². The molecule has 0 aliphatic carbocycles. The maximum atomic E-state index is 12.0. The monoisotopic (exact) mass is 514 g/mol. The largest absolute Gasteiger partial charge is 0.487 e. The average Bonchev–Trinajstić information content (AvgIpc) is 2.87. The maximum Gasteiger partial charge on any atom is 0.338 e. The zero-order chi connectivity index (χ0) is 27.2. The highest BCUT2D eigenvalue weighted by atomic mass is 16.6. The molecule has 0 fully saturated rings. The predicted octanol–water partition coefficient (Wildman–Crippen LogP) is 5.62. The molecule has 0 N–H and O–H groups in total. The minimum atomic E-state index is -0.449. The second kappa shape index (κ2) is 15.5. The van der Waals surface area contributed by atoms with Crippen LogP contribution in [0.3, 0.4) is 0 Å². The van der Waals surface area contributed by atoms with Crippen molar-refractivity contribution in [3.8, 4) is 11.5 Å². The van der Waals surface area contributed by atoms with Crippen molar-refractivity contribution in [3.63, 3.8) is 0 Å². The van der Waals surface area contributed by atoms with E-state index in [1.807, 2.05) is 20.8 Å². The van der Waals surface area contributed by atoms with E-state index in [0.717, 1.165) is 0 Å². The zero-order valence-electron chi connectivity index (χ0n) is 22.4. The summed E-state index contributed by atoms with van der Waals surface area (Å²) in [4.78, 5) is 35.9. The van der Waals surface area contributed by atoms with Gasteiger partial charge in [-0.1, -0.05) is 20.8 Å². The number of hydrogen-bond acceptors (Lipinski definition) is 8. The second-order valence-electron chi connectivity index (χ2n) is 8.82. The first-order chi connectivity index (χ1) is 17.8. The van der Waals surface area contributed by atoms with Gasteiger partial charge in [-0.2, -0.15) is 0 Å². The van der Waals surface area contributed by atoms with Crippen LogP contribution in [0.4, 0.5) is 0 Å². The summed E-state index contributed by atoms with van der Waals surface area (Å²) in [5, 5.41) is 0. The van der Waals surface area contributed by atoms with Crippen molar-refractivity contribution in [2.24, 2.45) is 5.92 Å². The molecule has 0 aliphatic heterocycles. The van der Waals surface area contributed by atoms with Gasteiger partial charge in [0.15, 0.2) is 0 Å². The quantitative estimate of drug-likeness (QED) is 0.223. The van der Waals surface area contributed by atoms with E-state index in [0.29, 0.717) is 55.1 Å². The highest BCUT2D eigenvalue weighted by Crippen LogP contribution is 2.23. The van der Waals surface area contributed by atoms with E-state index < -0.39 is 18.0 Å². The van der Waals surface area contributed by atoms with E-state index in [2.05, 4.69) is 0 Å². The van der Waals surface area contributed by atoms with Crippen molar-refractivity contribution in [3.05, 3.63) is 59.7 Å². The zero-order valence-corrected chi connectivity index (χ0v) is 22.4. The summed E-state index contributed by atoms with van der Waals surface area (Å²) < 4.78 is 27.9. The molecule has 2 unspecified atom stereocenters. The first-order valence-corrected chi connectivity index (χ1v) is 12.8. The number of carbonyl (C=O) groups excluding carboxylic acids is 3. The Labute approximate surface area is 219 Å². The van der Waals surface area contributed by atoms with Crippen LogP contribution in [0.25, 0.3) is 0 Å². The molecule has 0 saturated carbocycles. The fraction of sp³-hybridized carbons (Fsp3) is 0.483. The van der Waals surface area contributed by atoms with Crippen LogP contribution in [-0.2, 0) is 19.0 Å². The smallest absolute Gasteiger partial charge is 0.338 e. The molecule has 0 heterocycles. The predicted molar refractivity (Wildman–Crippen MR) is 139 cm³/mol. The Bertz CT molecular complexity index is 982. The Morgan fingerprint density at radius 1 is 0.676 bits per heavy atom. The van der Waals surface area contributed by atoms with Crippen molar-refractivity contribution in [1.29, 1.82) is 0 Å². The summed E-state index contributed by atoms with van der Waals surface area (Å²) in [6.45, 7) is 10.2. The number of esters is 3. The molecule has 2 aromatic carbocycles. The Morgan fingerprint density at radius 3 is 1.54 bits per heavy atom. The van der Waals surface area contributed by atoms with Gasteiger partial charge in [0.05, 0.1) is 30.9 Å². The van der Waals surface area contributed by atoms with Gasteiger partial charge >= 0.3 is 17.9 Å². The maximum absolute atomic E-state index is 12.0. The van der Waals surface area contributed by atoms with Gasteiger partial charge in [-0.05, 0) is 74.7 Å². The topological polar surface area (TPSA) is 97.4 Å². The van der Waals surface area contributed by atoms with Gasteiger partial charge in [-0.15, -0.1) is 0 Å². The van der Waals surface area contributed by atoms with Gasteiger partial charge < -0.3 is 23.7 Å². The lowest BCUT2D eigenvalue weighted by Crippen LogP contribution is -2.37. The van der Waals surface area contributed by atoms with Crippen LogP contribution in [0.15, 0.2) is 48.5 Å². The Hall–Kier alpha value is -3.55. The van der Waals surface area contributed by atoms with E-state index >= 15 is 0 Å². The number of benzene rings is 2. The fourth-order valence-corrected chi connectivity index (χ4v) is 3.54. The molecule has 2 rings (SSSR count). The molecular formula is C29H38O8. The van der Waals surface area contributed by atoms with Crippen molar-refractivity contribution >= 4 is 17.9 Å². The minimum Gasteiger partial charge on any atom is -0.487 e. The third-order valence-corrected chi connectivity index (χ3v) is 5.36. The molecule has 0 radical (unpaired) electrons. The summed E-state index contributed by atoms with van der Waals surface area (Å²) >= 11 is 0. The molecule has 8 heteroatoms. The number of carbonyl (C=O) groups is 3. The molecule has 0 saturated heterocycles. The lowest BCUT2D eigenvalue weighted by molar-refractivity contribution is -0.145. The van der Waals surface area contributed by atoms with Crippen LogP contribution in [0.5, 0.6) is 11.5 Å². The minimum absolute atomic E-state index is 0.179. The summed E-state index contributed by atoms with van der Waals surface area (Å²) in [5.74, 6) is 0.285. The molecule has 0 amide bonds. The van der Waals surface area contributed by atoms with Crippen molar-refractivity contribution < 1.29 is 38.1 Å². The molecule has 2 aromatic rings. The molecule has 202 valence electrons. The highest BCUT2D eigenvalue weighted by molar-refractivity contribution is 5.90. The van der Waals surface area contributed by atoms with E-state index in [1.165, 1.54) is 0 Å². The fourth-order valence-electron chi connectivity index (χ4n) is 3.54. The average molecular weight is 515 g/mol. The Balaban J connectivity index is 2.15. The molecule has 0 aliphatic rings. The standard InChI is InChI=1S/C29H38O8/c1-6-25(36-23-13-9-21(10-14-23)28(31)33-7-2)26(17-18-35-27(30)19-20(4)5)37-24-15-11-22(12-16-24)29(32)34-8-3/h9-16,20,25-26H,6-8,17-19H2,1-5H3. The third kappa shape index (κ3) is 10.1.